The van der Waals surface area contributed by atoms with Crippen LogP contribution in [0.4, 0.5) is 0 Å². The molecule has 1 spiro atoms. The van der Waals surface area contributed by atoms with Crippen LogP contribution in [-0.2, 0) is 4.79 Å². The fourth-order valence-electron chi connectivity index (χ4n) is 3.52. The Balaban J connectivity index is 1.73. The van der Waals surface area contributed by atoms with Crippen LogP contribution in [0, 0.1) is 11.3 Å². The molecule has 2 aliphatic carbocycles. The Bertz CT molecular complexity index is 356. The van der Waals surface area contributed by atoms with Gasteiger partial charge >= 0.3 is 0 Å². The number of hydrogen-bond donors (Lipinski definition) is 1. The summed E-state index contributed by atoms with van der Waals surface area (Å²) in [6.07, 6.45) is 7.39. The highest BCUT2D eigenvalue weighted by Gasteiger charge is 2.59. The topological polar surface area (TPSA) is 32.3 Å². The zero-order chi connectivity index (χ0) is 13.0. The third kappa shape index (κ3) is 1.97. The zero-order valence-electron chi connectivity index (χ0n) is 12.0. The molecular formula is C15H26N2O. The van der Waals surface area contributed by atoms with Crippen molar-refractivity contribution in [1.29, 1.82) is 0 Å². The maximum Gasteiger partial charge on any atom is 0.244 e. The molecule has 18 heavy (non-hydrogen) atoms. The number of carbonyl (C=O) groups is 1. The minimum atomic E-state index is -0.139. The molecule has 3 aliphatic rings. The summed E-state index contributed by atoms with van der Waals surface area (Å²) < 4.78 is 0. The van der Waals surface area contributed by atoms with Crippen molar-refractivity contribution in [3.8, 4) is 0 Å². The van der Waals surface area contributed by atoms with Crippen LogP contribution >= 0.6 is 0 Å². The Kier molecular flexibility index (Phi) is 2.74. The van der Waals surface area contributed by atoms with E-state index in [1.165, 1.54) is 19.3 Å². The highest BCUT2D eigenvalue weighted by Crippen LogP contribution is 2.47. The highest BCUT2D eigenvalue weighted by atomic mass is 16.2. The fraction of sp³-hybridized carbons (Fsp3) is 0.933. The maximum atomic E-state index is 12.6. The number of carbonyl (C=O) groups excluding carboxylic acids is 1. The van der Waals surface area contributed by atoms with Crippen LogP contribution < -0.4 is 5.32 Å². The van der Waals surface area contributed by atoms with E-state index in [1.807, 2.05) is 0 Å². The molecule has 3 fully saturated rings. The molecule has 1 unspecified atom stereocenters. The van der Waals surface area contributed by atoms with Gasteiger partial charge in [-0.3, -0.25) is 10.1 Å². The first-order valence-electron chi connectivity index (χ1n) is 7.53. The van der Waals surface area contributed by atoms with Crippen molar-refractivity contribution >= 4 is 5.91 Å². The van der Waals surface area contributed by atoms with Gasteiger partial charge < -0.3 is 4.90 Å². The number of nitrogens with one attached hydrogen (secondary N) is 1. The molecule has 3 heteroatoms. The molecule has 1 saturated heterocycles. The summed E-state index contributed by atoms with van der Waals surface area (Å²) in [5, 5.41) is 3.62. The lowest BCUT2D eigenvalue weighted by Crippen LogP contribution is -2.46. The Morgan fingerprint density at radius 3 is 2.44 bits per heavy atom. The van der Waals surface area contributed by atoms with Gasteiger partial charge in [-0.15, -0.1) is 0 Å². The largest absolute Gasteiger partial charge is 0.325 e. The molecular weight excluding hydrogens is 224 g/mol. The molecule has 1 atom stereocenters. The number of rotatable bonds is 4. The molecule has 0 bridgehead atoms. The van der Waals surface area contributed by atoms with Gasteiger partial charge in [-0.25, -0.2) is 0 Å². The van der Waals surface area contributed by atoms with E-state index in [0.29, 0.717) is 17.2 Å². The molecule has 1 amide bonds. The Morgan fingerprint density at radius 2 is 2.00 bits per heavy atom. The highest BCUT2D eigenvalue weighted by molar-refractivity contribution is 5.91. The average molecular weight is 250 g/mol. The SMILES string of the molecule is CC(C)CC1NC2(CC2)C(=O)N1CC1(C)CCC1. The summed E-state index contributed by atoms with van der Waals surface area (Å²) in [6, 6.07) is 0. The van der Waals surface area contributed by atoms with Crippen LogP contribution in [0.2, 0.25) is 0 Å². The predicted octanol–water partition coefficient (Wildman–Crippen LogP) is 2.51. The molecule has 0 aromatic rings. The van der Waals surface area contributed by atoms with Gasteiger partial charge in [0.05, 0.1) is 11.7 Å². The monoisotopic (exact) mass is 250 g/mol. The summed E-state index contributed by atoms with van der Waals surface area (Å²) in [7, 11) is 0. The summed E-state index contributed by atoms with van der Waals surface area (Å²) in [5.74, 6) is 1.03. The van der Waals surface area contributed by atoms with Gasteiger partial charge in [-0.05, 0) is 43.4 Å². The van der Waals surface area contributed by atoms with Crippen LogP contribution in [0.15, 0.2) is 0 Å². The Labute approximate surface area is 110 Å². The second kappa shape index (κ2) is 3.96. The lowest BCUT2D eigenvalue weighted by molar-refractivity contribution is -0.133. The number of hydrogen-bond acceptors (Lipinski definition) is 2. The van der Waals surface area contributed by atoms with E-state index in [1.54, 1.807) is 0 Å². The number of amides is 1. The average Bonchev–Trinajstić information content (AvgIpc) is 2.97. The van der Waals surface area contributed by atoms with E-state index in [2.05, 4.69) is 31.0 Å². The quantitative estimate of drug-likeness (QED) is 0.831. The Morgan fingerprint density at radius 1 is 1.33 bits per heavy atom. The minimum Gasteiger partial charge on any atom is -0.325 e. The van der Waals surface area contributed by atoms with Crippen LogP contribution in [-0.4, -0.2) is 29.1 Å². The fourth-order valence-corrected chi connectivity index (χ4v) is 3.52. The molecule has 1 aliphatic heterocycles. The predicted molar refractivity (Wildman–Crippen MR) is 72.0 cm³/mol. The second-order valence-electron chi connectivity index (χ2n) is 7.47. The van der Waals surface area contributed by atoms with E-state index >= 15 is 0 Å². The minimum absolute atomic E-state index is 0.139. The smallest absolute Gasteiger partial charge is 0.244 e. The van der Waals surface area contributed by atoms with Crippen molar-refractivity contribution in [2.45, 2.75) is 71.0 Å². The van der Waals surface area contributed by atoms with E-state index in [9.17, 15) is 4.79 Å². The molecule has 1 N–H and O–H groups in total. The summed E-state index contributed by atoms with van der Waals surface area (Å²) in [5.41, 5.74) is 0.257. The Hall–Kier alpha value is -0.570. The van der Waals surface area contributed by atoms with Crippen molar-refractivity contribution in [3.63, 3.8) is 0 Å². The molecule has 0 aromatic heterocycles. The van der Waals surface area contributed by atoms with Crippen molar-refractivity contribution in [1.82, 2.24) is 10.2 Å². The molecule has 0 radical (unpaired) electrons. The summed E-state index contributed by atoms with van der Waals surface area (Å²) in [6.45, 7) is 7.80. The lowest BCUT2D eigenvalue weighted by atomic mass is 9.70. The molecule has 3 nitrogen and oxygen atoms in total. The summed E-state index contributed by atoms with van der Waals surface area (Å²) >= 11 is 0. The van der Waals surface area contributed by atoms with E-state index in [4.69, 9.17) is 0 Å². The third-order valence-electron chi connectivity index (χ3n) is 5.05. The molecule has 3 rings (SSSR count). The lowest BCUT2D eigenvalue weighted by Gasteiger charge is -2.42. The van der Waals surface area contributed by atoms with Crippen LogP contribution in [0.1, 0.15) is 59.3 Å². The maximum absolute atomic E-state index is 12.6. The van der Waals surface area contributed by atoms with Gasteiger partial charge in [-0.1, -0.05) is 27.2 Å². The van der Waals surface area contributed by atoms with Crippen molar-refractivity contribution in [2.75, 3.05) is 6.54 Å². The van der Waals surface area contributed by atoms with Crippen molar-refractivity contribution < 1.29 is 4.79 Å². The molecule has 0 aromatic carbocycles. The van der Waals surface area contributed by atoms with E-state index < -0.39 is 0 Å². The molecule has 102 valence electrons. The van der Waals surface area contributed by atoms with Gasteiger partial charge in [-0.2, -0.15) is 0 Å². The molecule has 2 saturated carbocycles. The second-order valence-corrected chi connectivity index (χ2v) is 7.47. The van der Waals surface area contributed by atoms with Crippen molar-refractivity contribution in [3.05, 3.63) is 0 Å². The standard InChI is InChI=1S/C15H26N2O/c1-11(2)9-12-16-15(7-8-15)13(18)17(12)10-14(3)5-4-6-14/h11-12,16H,4-10H2,1-3H3. The normalized spacial score (nSPS) is 32.1. The summed E-state index contributed by atoms with van der Waals surface area (Å²) in [4.78, 5) is 14.7. The number of nitrogens with zero attached hydrogens (tertiary/aromatic N) is 1. The van der Waals surface area contributed by atoms with Crippen LogP contribution in [0.3, 0.4) is 0 Å². The first kappa shape index (κ1) is 12.5. The van der Waals surface area contributed by atoms with Gasteiger partial charge in [0.1, 0.15) is 0 Å². The zero-order valence-corrected chi connectivity index (χ0v) is 12.0. The molecule has 1 heterocycles. The van der Waals surface area contributed by atoms with E-state index in [-0.39, 0.29) is 11.7 Å². The first-order valence-corrected chi connectivity index (χ1v) is 7.53. The van der Waals surface area contributed by atoms with Gasteiger partial charge in [0.2, 0.25) is 5.91 Å². The van der Waals surface area contributed by atoms with Gasteiger partial charge in [0.25, 0.3) is 0 Å². The van der Waals surface area contributed by atoms with Gasteiger partial charge in [0.15, 0.2) is 0 Å². The van der Waals surface area contributed by atoms with E-state index in [0.717, 1.165) is 25.8 Å². The van der Waals surface area contributed by atoms with Crippen LogP contribution in [0.25, 0.3) is 0 Å². The first-order chi connectivity index (χ1) is 8.44. The third-order valence-corrected chi connectivity index (χ3v) is 5.05. The van der Waals surface area contributed by atoms with Crippen LogP contribution in [0.5, 0.6) is 0 Å². The van der Waals surface area contributed by atoms with Gasteiger partial charge in [0, 0.05) is 6.54 Å². The van der Waals surface area contributed by atoms with Crippen molar-refractivity contribution in [2.24, 2.45) is 11.3 Å².